The van der Waals surface area contributed by atoms with Gasteiger partial charge in [0, 0.05) is 25.7 Å². The normalized spacial score (nSPS) is 36.4. The molecule has 2 rings (SSSR count). The lowest BCUT2D eigenvalue weighted by molar-refractivity contribution is -0.962. The topological polar surface area (TPSA) is 0 Å². The number of likely N-dealkylation sites (tertiary alicyclic amines) is 1. The van der Waals surface area contributed by atoms with Crippen LogP contribution < -0.4 is 0 Å². The van der Waals surface area contributed by atoms with Crippen LogP contribution in [0.5, 0.6) is 0 Å². The molecule has 1 heteroatoms. The van der Waals surface area contributed by atoms with Gasteiger partial charge in [0.15, 0.2) is 0 Å². The molecule has 2 fully saturated rings. The van der Waals surface area contributed by atoms with E-state index in [0.717, 1.165) is 18.0 Å². The Morgan fingerprint density at radius 3 is 2.12 bits per heavy atom. The van der Waals surface area contributed by atoms with E-state index in [1.54, 1.807) is 0 Å². The van der Waals surface area contributed by atoms with Crippen LogP contribution in [0.3, 0.4) is 0 Å². The Morgan fingerprint density at radius 2 is 1.65 bits per heavy atom. The van der Waals surface area contributed by atoms with Crippen molar-refractivity contribution in [2.45, 2.75) is 78.8 Å². The zero-order chi connectivity index (χ0) is 12.7. The second-order valence-electron chi connectivity index (χ2n) is 7.92. The zero-order valence-electron chi connectivity index (χ0n) is 12.6. The molecular formula is C16H32N+. The third-order valence-electron chi connectivity index (χ3n) is 5.52. The van der Waals surface area contributed by atoms with Crippen molar-refractivity contribution < 1.29 is 4.48 Å². The van der Waals surface area contributed by atoms with Gasteiger partial charge in [0.05, 0.1) is 25.2 Å². The molecule has 1 saturated carbocycles. The maximum Gasteiger partial charge on any atom is 0.0899 e. The van der Waals surface area contributed by atoms with Crippen molar-refractivity contribution in [2.24, 2.45) is 11.3 Å². The summed E-state index contributed by atoms with van der Waals surface area (Å²) in [4.78, 5) is 0. The molecule has 100 valence electrons. The third-order valence-corrected chi connectivity index (χ3v) is 5.52. The van der Waals surface area contributed by atoms with Gasteiger partial charge in [-0.05, 0) is 31.6 Å². The van der Waals surface area contributed by atoms with Gasteiger partial charge in [0.2, 0.25) is 0 Å². The lowest BCUT2D eigenvalue weighted by atomic mass is 9.69. The fourth-order valence-electron chi connectivity index (χ4n) is 4.91. The van der Waals surface area contributed by atoms with E-state index in [4.69, 9.17) is 0 Å². The van der Waals surface area contributed by atoms with Gasteiger partial charge in [0.1, 0.15) is 0 Å². The van der Waals surface area contributed by atoms with Gasteiger partial charge in [0.25, 0.3) is 0 Å². The first kappa shape index (κ1) is 13.4. The van der Waals surface area contributed by atoms with Crippen molar-refractivity contribution in [2.75, 3.05) is 13.1 Å². The molecule has 0 spiro atoms. The molecule has 1 aliphatic carbocycles. The van der Waals surface area contributed by atoms with E-state index < -0.39 is 0 Å². The number of quaternary nitrogens is 1. The SMILES string of the molecule is CC1CC([N+]2(C(C)C)CCCC2)CC(C)(C)C1. The van der Waals surface area contributed by atoms with Crippen LogP contribution in [0, 0.1) is 11.3 Å². The summed E-state index contributed by atoms with van der Waals surface area (Å²) in [5, 5.41) is 0. The standard InChI is InChI=1S/C16H32N/c1-13(2)17(8-6-7-9-17)15-10-14(3)11-16(4,5)12-15/h13-15H,6-12H2,1-5H3/q+1. The van der Waals surface area contributed by atoms with Gasteiger partial charge in [-0.3, -0.25) is 0 Å². The van der Waals surface area contributed by atoms with Gasteiger partial charge >= 0.3 is 0 Å². The molecule has 1 heterocycles. The summed E-state index contributed by atoms with van der Waals surface area (Å²) in [6.45, 7) is 15.3. The highest BCUT2D eigenvalue weighted by molar-refractivity contribution is 4.85. The van der Waals surface area contributed by atoms with Crippen LogP contribution in [0.25, 0.3) is 0 Å². The maximum absolute atomic E-state index is 2.49. The van der Waals surface area contributed by atoms with Crippen molar-refractivity contribution in [3.05, 3.63) is 0 Å². The summed E-state index contributed by atoms with van der Waals surface area (Å²) in [6.07, 6.45) is 7.28. The lowest BCUT2D eigenvalue weighted by Crippen LogP contribution is -2.60. The Morgan fingerprint density at radius 1 is 1.06 bits per heavy atom. The molecule has 2 atom stereocenters. The van der Waals surface area contributed by atoms with Gasteiger partial charge in [-0.25, -0.2) is 0 Å². The summed E-state index contributed by atoms with van der Waals surface area (Å²) in [5.74, 6) is 0.929. The van der Waals surface area contributed by atoms with Crippen molar-refractivity contribution >= 4 is 0 Å². The summed E-state index contributed by atoms with van der Waals surface area (Å²) in [5.41, 5.74) is 0.574. The molecule has 0 amide bonds. The first-order valence-electron chi connectivity index (χ1n) is 7.72. The van der Waals surface area contributed by atoms with Crippen LogP contribution in [-0.4, -0.2) is 29.7 Å². The largest absolute Gasteiger partial charge is 0.319 e. The van der Waals surface area contributed by atoms with E-state index in [9.17, 15) is 0 Å². The average molecular weight is 238 g/mol. The third kappa shape index (κ3) is 2.54. The highest BCUT2D eigenvalue weighted by atomic mass is 15.4. The van der Waals surface area contributed by atoms with E-state index >= 15 is 0 Å². The Kier molecular flexibility index (Phi) is 3.60. The molecule has 1 nitrogen and oxygen atoms in total. The minimum absolute atomic E-state index is 0.574. The molecule has 0 aromatic carbocycles. The smallest absolute Gasteiger partial charge is 0.0899 e. The monoisotopic (exact) mass is 238 g/mol. The maximum atomic E-state index is 2.49. The quantitative estimate of drug-likeness (QED) is 0.632. The molecule has 0 radical (unpaired) electrons. The highest BCUT2D eigenvalue weighted by Crippen LogP contribution is 2.44. The summed E-state index contributed by atoms with van der Waals surface area (Å²) in [7, 11) is 0. The first-order valence-corrected chi connectivity index (χ1v) is 7.72. The number of nitrogens with zero attached hydrogens (tertiary/aromatic N) is 1. The van der Waals surface area contributed by atoms with Crippen molar-refractivity contribution in [3.63, 3.8) is 0 Å². The summed E-state index contributed by atoms with van der Waals surface area (Å²) in [6, 6.07) is 1.76. The predicted octanol–water partition coefficient (Wildman–Crippen LogP) is 4.22. The molecule has 1 aliphatic heterocycles. The van der Waals surface area contributed by atoms with Crippen LogP contribution >= 0.6 is 0 Å². The molecule has 0 aromatic rings. The van der Waals surface area contributed by atoms with E-state index in [1.165, 1.54) is 49.7 Å². The van der Waals surface area contributed by atoms with Gasteiger partial charge in [-0.2, -0.15) is 0 Å². The number of hydrogen-bond donors (Lipinski definition) is 0. The Balaban J connectivity index is 2.19. The van der Waals surface area contributed by atoms with Crippen molar-refractivity contribution in [1.29, 1.82) is 0 Å². The van der Waals surface area contributed by atoms with E-state index in [0.29, 0.717) is 5.41 Å². The molecule has 1 saturated heterocycles. The van der Waals surface area contributed by atoms with E-state index in [2.05, 4.69) is 34.6 Å². The fraction of sp³-hybridized carbons (Fsp3) is 1.00. The summed E-state index contributed by atoms with van der Waals surface area (Å²) >= 11 is 0. The Bertz CT molecular complexity index is 261. The van der Waals surface area contributed by atoms with E-state index in [1.807, 2.05) is 0 Å². The second-order valence-corrected chi connectivity index (χ2v) is 7.92. The van der Waals surface area contributed by atoms with Crippen LogP contribution in [-0.2, 0) is 0 Å². The molecule has 2 unspecified atom stereocenters. The number of hydrogen-bond acceptors (Lipinski definition) is 0. The Labute approximate surface area is 108 Å². The molecule has 2 aliphatic rings. The molecule has 0 N–H and O–H groups in total. The van der Waals surface area contributed by atoms with Gasteiger partial charge in [-0.1, -0.05) is 20.8 Å². The average Bonchev–Trinajstić information content (AvgIpc) is 2.63. The Hall–Kier alpha value is -0.0400. The lowest BCUT2D eigenvalue weighted by Gasteiger charge is -2.51. The van der Waals surface area contributed by atoms with Crippen LogP contribution in [0.2, 0.25) is 0 Å². The van der Waals surface area contributed by atoms with Gasteiger partial charge < -0.3 is 4.48 Å². The van der Waals surface area contributed by atoms with Crippen molar-refractivity contribution in [1.82, 2.24) is 0 Å². The van der Waals surface area contributed by atoms with Gasteiger partial charge in [-0.15, -0.1) is 0 Å². The molecule has 0 bridgehead atoms. The fourth-order valence-corrected chi connectivity index (χ4v) is 4.91. The van der Waals surface area contributed by atoms with Crippen LogP contribution in [0.1, 0.15) is 66.7 Å². The molecular weight excluding hydrogens is 206 g/mol. The number of rotatable bonds is 2. The van der Waals surface area contributed by atoms with Crippen LogP contribution in [0.15, 0.2) is 0 Å². The second kappa shape index (κ2) is 4.57. The zero-order valence-corrected chi connectivity index (χ0v) is 12.6. The predicted molar refractivity (Wildman–Crippen MR) is 74.9 cm³/mol. The van der Waals surface area contributed by atoms with E-state index in [-0.39, 0.29) is 0 Å². The minimum Gasteiger partial charge on any atom is -0.319 e. The molecule has 17 heavy (non-hydrogen) atoms. The minimum atomic E-state index is 0.574. The van der Waals surface area contributed by atoms with Crippen LogP contribution in [0.4, 0.5) is 0 Å². The van der Waals surface area contributed by atoms with Crippen molar-refractivity contribution in [3.8, 4) is 0 Å². The highest BCUT2D eigenvalue weighted by Gasteiger charge is 2.47. The summed E-state index contributed by atoms with van der Waals surface area (Å²) < 4.78 is 1.44. The first-order chi connectivity index (χ1) is 7.86. The molecule has 0 aromatic heterocycles.